The van der Waals surface area contributed by atoms with Gasteiger partial charge in [-0.3, -0.25) is 0 Å². The van der Waals surface area contributed by atoms with Crippen LogP contribution in [0.5, 0.6) is 0 Å². The molecule has 0 aromatic rings. The van der Waals surface area contributed by atoms with Crippen molar-refractivity contribution in [3.63, 3.8) is 0 Å². The summed E-state index contributed by atoms with van der Waals surface area (Å²) >= 11 is -4.27. The molecule has 24 heavy (non-hydrogen) atoms. The standard InChI is InChI=1S/C14H27BSi.6CH3.2Sn/c1-9-14(13(5)16(6,7)8)12(4)15(10-2)11-3;;;;;;;;/h9-11H2,1-3,5-8H3;6*1H3;;/b14-13-;;;;;;;;. The van der Waals surface area contributed by atoms with Gasteiger partial charge in [-0.1, -0.05) is 0 Å². The fourth-order valence-corrected chi connectivity index (χ4v) is 61.7. The normalized spacial score (nSPS) is 14.4. The van der Waals surface area contributed by atoms with Crippen molar-refractivity contribution in [3.05, 3.63) is 17.8 Å². The van der Waals surface area contributed by atoms with E-state index in [4.69, 9.17) is 0 Å². The Balaban J connectivity index is 7.09. The Morgan fingerprint density at radius 2 is 1.17 bits per heavy atom. The molecule has 0 fully saturated rings. The van der Waals surface area contributed by atoms with Crippen LogP contribution in [0.4, 0.5) is 0 Å². The molecule has 0 saturated carbocycles. The van der Waals surface area contributed by atoms with Crippen LogP contribution >= 0.6 is 0 Å². The first-order valence-corrected chi connectivity index (χ1v) is 33.6. The van der Waals surface area contributed by atoms with Gasteiger partial charge in [-0.15, -0.1) is 0 Å². The van der Waals surface area contributed by atoms with Crippen LogP contribution in [-0.2, 0) is 0 Å². The zero-order chi connectivity index (χ0) is 19.5. The molecule has 0 rings (SSSR count). The molecule has 0 aliphatic heterocycles. The molecule has 0 spiro atoms. The summed E-state index contributed by atoms with van der Waals surface area (Å²) in [6.45, 7) is 18.1. The molecule has 140 valence electrons. The molecule has 0 nitrogen and oxygen atoms in total. The van der Waals surface area contributed by atoms with Gasteiger partial charge in [-0.25, -0.2) is 0 Å². The summed E-state index contributed by atoms with van der Waals surface area (Å²) in [5.74, 6) is 0. The first-order chi connectivity index (χ1) is 10.6. The first kappa shape index (κ1) is 25.4. The number of hydrogen-bond acceptors (Lipinski definition) is 0. The van der Waals surface area contributed by atoms with Gasteiger partial charge in [0.15, 0.2) is 0 Å². The fourth-order valence-electron chi connectivity index (χ4n) is 4.34. The van der Waals surface area contributed by atoms with Crippen molar-refractivity contribution in [2.45, 2.75) is 96.0 Å². The zero-order valence-electron chi connectivity index (χ0n) is 19.2. The van der Waals surface area contributed by atoms with Crippen molar-refractivity contribution in [3.8, 4) is 0 Å². The summed E-state index contributed by atoms with van der Waals surface area (Å²) in [6, 6.07) is 0. The summed E-state index contributed by atoms with van der Waals surface area (Å²) in [6.07, 6.45) is 3.85. The summed E-state index contributed by atoms with van der Waals surface area (Å²) in [5, 5.41) is 1.77. The maximum atomic E-state index is 2.67. The van der Waals surface area contributed by atoms with Crippen molar-refractivity contribution in [1.29, 1.82) is 0 Å². The average Bonchev–Trinajstić information content (AvgIpc) is 2.36. The minimum absolute atomic E-state index is 0.785. The Hall–Kier alpha value is 1.36. The first-order valence-electron chi connectivity index (χ1n) is 10.1. The van der Waals surface area contributed by atoms with E-state index in [9.17, 15) is 0 Å². The van der Waals surface area contributed by atoms with Crippen molar-refractivity contribution in [2.75, 3.05) is 0 Å². The number of allylic oxidation sites excluding steroid dienone is 3. The molecular weight excluding hydrogens is 517 g/mol. The second-order valence-corrected chi connectivity index (χ2v) is 48.4. The fraction of sp³-hybridized carbons (Fsp3) is 0.800. The maximum absolute atomic E-state index is 2.67. The molecule has 0 bridgehead atoms. The second-order valence-electron chi connectivity index (χ2n) is 10.5. The van der Waals surface area contributed by atoms with Gasteiger partial charge in [0.25, 0.3) is 0 Å². The second kappa shape index (κ2) is 9.52. The van der Waals surface area contributed by atoms with Crippen LogP contribution in [0, 0.1) is 0 Å². The van der Waals surface area contributed by atoms with E-state index in [0.717, 1.165) is 6.71 Å². The zero-order valence-corrected chi connectivity index (χ0v) is 25.9. The summed E-state index contributed by atoms with van der Waals surface area (Å²) < 4.78 is 2.10. The van der Waals surface area contributed by atoms with Gasteiger partial charge in [-0.2, -0.15) is 0 Å². The van der Waals surface area contributed by atoms with Crippen molar-refractivity contribution in [1.82, 2.24) is 0 Å². The molecule has 0 aliphatic rings. The van der Waals surface area contributed by atoms with Crippen molar-refractivity contribution in [2.24, 2.45) is 0 Å². The van der Waals surface area contributed by atoms with E-state index in [0.29, 0.717) is 0 Å². The molecule has 0 amide bonds. The SMILES string of the molecule is CCB(CC)C(=[C]([Sn]([CH3])([CH3])[CH3])[Sn]([CH3])([CH3])[CH3])/C(CC)=C(/C)[Si](C)(C)C. The van der Waals surface area contributed by atoms with Crippen LogP contribution in [-0.4, -0.2) is 51.5 Å². The molecular formula is C20H45BSiSn2. The third-order valence-corrected chi connectivity index (χ3v) is 46.8. The number of hydrogen-bond donors (Lipinski definition) is 0. The Kier molecular flexibility index (Phi) is 10.1. The average molecular weight is 562 g/mol. The minimum atomic E-state index is -2.13. The summed E-state index contributed by atoms with van der Waals surface area (Å²) in [5.41, 5.74) is 3.69. The van der Waals surface area contributed by atoms with E-state index in [-0.39, 0.29) is 0 Å². The summed E-state index contributed by atoms with van der Waals surface area (Å²) in [4.78, 5) is 16.0. The van der Waals surface area contributed by atoms with E-state index in [1.807, 2.05) is 5.47 Å². The Morgan fingerprint density at radius 3 is 1.38 bits per heavy atom. The molecule has 0 radical (unpaired) electrons. The third-order valence-electron chi connectivity index (χ3n) is 5.42. The predicted octanol–water partition coefficient (Wildman–Crippen LogP) is 7.72. The molecule has 0 aliphatic carbocycles. The predicted molar refractivity (Wildman–Crippen MR) is 127 cm³/mol. The molecule has 0 atom stereocenters. The Labute approximate surface area is 164 Å². The van der Waals surface area contributed by atoms with Crippen LogP contribution in [0.25, 0.3) is 0 Å². The topological polar surface area (TPSA) is 0 Å². The van der Waals surface area contributed by atoms with Gasteiger partial charge in [0.1, 0.15) is 0 Å². The summed E-state index contributed by atoms with van der Waals surface area (Å²) in [7, 11) is -1.25. The van der Waals surface area contributed by atoms with E-state index >= 15 is 0 Å². The Morgan fingerprint density at radius 1 is 0.792 bits per heavy atom. The molecule has 4 heteroatoms. The monoisotopic (exact) mass is 564 g/mol. The van der Waals surface area contributed by atoms with Crippen LogP contribution in [0.15, 0.2) is 17.8 Å². The van der Waals surface area contributed by atoms with Crippen LogP contribution in [0.1, 0.15) is 34.1 Å². The van der Waals surface area contributed by atoms with Gasteiger partial charge in [0.05, 0.1) is 0 Å². The molecule has 0 heterocycles. The third kappa shape index (κ3) is 6.83. The van der Waals surface area contributed by atoms with E-state index in [1.54, 1.807) is 10.8 Å². The van der Waals surface area contributed by atoms with E-state index < -0.39 is 44.8 Å². The number of rotatable bonds is 8. The van der Waals surface area contributed by atoms with Gasteiger partial charge in [-0.05, 0) is 0 Å². The quantitative estimate of drug-likeness (QED) is 0.210. The van der Waals surface area contributed by atoms with Crippen LogP contribution < -0.4 is 0 Å². The molecule has 0 unspecified atom stereocenters. The van der Waals surface area contributed by atoms with Crippen LogP contribution in [0.2, 0.25) is 61.9 Å². The molecule has 0 saturated heterocycles. The van der Waals surface area contributed by atoms with E-state index in [1.165, 1.54) is 19.1 Å². The Bertz CT molecular complexity index is 465. The van der Waals surface area contributed by atoms with Crippen molar-refractivity contribution < 1.29 is 0 Å². The van der Waals surface area contributed by atoms with Gasteiger partial charge in [0, 0.05) is 0 Å². The van der Waals surface area contributed by atoms with Crippen molar-refractivity contribution >= 4 is 51.5 Å². The van der Waals surface area contributed by atoms with Gasteiger partial charge >= 0.3 is 165 Å². The van der Waals surface area contributed by atoms with Crippen LogP contribution in [0.3, 0.4) is 0 Å². The molecule has 0 aromatic carbocycles. The molecule has 0 N–H and O–H groups in total. The van der Waals surface area contributed by atoms with Gasteiger partial charge in [0.2, 0.25) is 0 Å². The molecule has 0 aromatic heterocycles. The van der Waals surface area contributed by atoms with E-state index in [2.05, 4.69) is 78.6 Å². The van der Waals surface area contributed by atoms with Gasteiger partial charge < -0.3 is 0 Å².